The Hall–Kier alpha value is -2.36. The molecule has 1 aromatic heterocycles. The highest BCUT2D eigenvalue weighted by atomic mass is 16.1. The number of hydrogen-bond acceptors (Lipinski definition) is 3. The molecule has 1 amide bonds. The first-order valence-corrected chi connectivity index (χ1v) is 7.35. The molecule has 2 N–H and O–H groups in total. The minimum Gasteiger partial charge on any atom is -0.384 e. The van der Waals surface area contributed by atoms with E-state index in [-0.39, 0.29) is 5.91 Å². The van der Waals surface area contributed by atoms with E-state index in [0.29, 0.717) is 12.1 Å². The number of benzene rings is 1. The highest BCUT2D eigenvalue weighted by Crippen LogP contribution is 2.22. The van der Waals surface area contributed by atoms with Crippen molar-refractivity contribution in [2.24, 2.45) is 0 Å². The summed E-state index contributed by atoms with van der Waals surface area (Å²) in [6.45, 7) is 3.52. The van der Waals surface area contributed by atoms with Crippen LogP contribution >= 0.6 is 0 Å². The molecule has 4 heteroatoms. The Morgan fingerprint density at radius 3 is 3.14 bits per heavy atom. The van der Waals surface area contributed by atoms with Crippen molar-refractivity contribution in [1.82, 2.24) is 10.3 Å². The van der Waals surface area contributed by atoms with E-state index in [2.05, 4.69) is 28.6 Å². The van der Waals surface area contributed by atoms with Crippen LogP contribution in [0.2, 0.25) is 0 Å². The van der Waals surface area contributed by atoms with Crippen LogP contribution in [0.3, 0.4) is 0 Å². The molecule has 2 heterocycles. The van der Waals surface area contributed by atoms with Crippen molar-refractivity contribution in [2.45, 2.75) is 26.3 Å². The van der Waals surface area contributed by atoms with E-state index in [1.165, 1.54) is 11.1 Å². The maximum Gasteiger partial charge on any atom is 0.251 e. The van der Waals surface area contributed by atoms with Crippen molar-refractivity contribution < 1.29 is 4.79 Å². The molecular formula is C17H19N3O. The number of hydrogen-bond donors (Lipinski definition) is 2. The molecule has 2 aromatic rings. The minimum atomic E-state index is -0.0441. The van der Waals surface area contributed by atoms with Crippen molar-refractivity contribution in [3.8, 4) is 0 Å². The number of carbonyl (C=O) groups excluding carboxylic acids is 1. The second-order valence-electron chi connectivity index (χ2n) is 5.19. The van der Waals surface area contributed by atoms with E-state index in [1.807, 2.05) is 24.3 Å². The molecule has 0 bridgehead atoms. The van der Waals surface area contributed by atoms with Crippen molar-refractivity contribution >= 4 is 11.6 Å². The molecule has 108 valence electrons. The topological polar surface area (TPSA) is 54.0 Å². The van der Waals surface area contributed by atoms with Gasteiger partial charge < -0.3 is 10.6 Å². The smallest absolute Gasteiger partial charge is 0.251 e. The second kappa shape index (κ2) is 5.95. The number of aryl methyl sites for hydroxylation is 1. The molecule has 4 nitrogen and oxygen atoms in total. The molecular weight excluding hydrogens is 262 g/mol. The molecule has 0 saturated carbocycles. The predicted octanol–water partition coefficient (Wildman–Crippen LogP) is 2.54. The quantitative estimate of drug-likeness (QED) is 0.905. The van der Waals surface area contributed by atoms with Crippen LogP contribution < -0.4 is 10.6 Å². The van der Waals surface area contributed by atoms with E-state index in [0.717, 1.165) is 30.8 Å². The minimum absolute atomic E-state index is 0.0441. The monoisotopic (exact) mass is 281 g/mol. The van der Waals surface area contributed by atoms with Gasteiger partial charge in [0.2, 0.25) is 0 Å². The summed E-state index contributed by atoms with van der Waals surface area (Å²) in [7, 11) is 0. The van der Waals surface area contributed by atoms with Gasteiger partial charge >= 0.3 is 0 Å². The number of aromatic nitrogens is 1. The third-order valence-electron chi connectivity index (χ3n) is 3.86. The first-order valence-electron chi connectivity index (χ1n) is 7.35. The Morgan fingerprint density at radius 2 is 2.29 bits per heavy atom. The zero-order valence-corrected chi connectivity index (χ0v) is 12.1. The van der Waals surface area contributed by atoms with E-state index in [4.69, 9.17) is 0 Å². The molecule has 0 unspecified atom stereocenters. The van der Waals surface area contributed by atoms with Gasteiger partial charge in [-0.3, -0.25) is 9.78 Å². The zero-order valence-electron chi connectivity index (χ0n) is 12.1. The normalized spacial score (nSPS) is 12.6. The van der Waals surface area contributed by atoms with Gasteiger partial charge in [0.15, 0.2) is 0 Å². The summed E-state index contributed by atoms with van der Waals surface area (Å²) < 4.78 is 0. The summed E-state index contributed by atoms with van der Waals surface area (Å²) in [4.78, 5) is 16.6. The third-order valence-corrected chi connectivity index (χ3v) is 3.86. The average Bonchev–Trinajstić information content (AvgIpc) is 3.00. The van der Waals surface area contributed by atoms with Crippen molar-refractivity contribution in [1.29, 1.82) is 0 Å². The number of amides is 1. The summed E-state index contributed by atoms with van der Waals surface area (Å²) >= 11 is 0. The Balaban J connectivity index is 1.69. The number of anilines is 1. The Labute approximate surface area is 124 Å². The summed E-state index contributed by atoms with van der Waals surface area (Å²) in [6.07, 6.45) is 3.67. The van der Waals surface area contributed by atoms with E-state index >= 15 is 0 Å². The summed E-state index contributed by atoms with van der Waals surface area (Å²) in [5.74, 6) is -0.0441. The summed E-state index contributed by atoms with van der Waals surface area (Å²) in [5, 5.41) is 6.26. The molecule has 1 aliphatic heterocycles. The van der Waals surface area contributed by atoms with Crippen LogP contribution in [-0.4, -0.2) is 17.4 Å². The van der Waals surface area contributed by atoms with Gasteiger partial charge in [0.1, 0.15) is 0 Å². The highest BCUT2D eigenvalue weighted by molar-refractivity contribution is 5.95. The summed E-state index contributed by atoms with van der Waals surface area (Å²) in [5.41, 5.74) is 5.19. The fourth-order valence-electron chi connectivity index (χ4n) is 2.66. The lowest BCUT2D eigenvalue weighted by atomic mass is 10.1. The lowest BCUT2D eigenvalue weighted by Gasteiger charge is -2.09. The maximum absolute atomic E-state index is 12.3. The van der Waals surface area contributed by atoms with Crippen LogP contribution in [0, 0.1) is 0 Å². The van der Waals surface area contributed by atoms with Crippen LogP contribution in [0.15, 0.2) is 36.5 Å². The lowest BCUT2D eigenvalue weighted by molar-refractivity contribution is 0.0950. The number of carbonyl (C=O) groups is 1. The van der Waals surface area contributed by atoms with E-state index < -0.39 is 0 Å². The fourth-order valence-corrected chi connectivity index (χ4v) is 2.66. The standard InChI is InChI=1S/C17H19N3O/c1-2-12-4-3-8-18-16(12)11-20-17(21)14-5-6-15-13(10-14)7-9-19-15/h3-6,8,10,19H,2,7,9,11H2,1H3,(H,20,21). The largest absolute Gasteiger partial charge is 0.384 e. The summed E-state index contributed by atoms with van der Waals surface area (Å²) in [6, 6.07) is 9.80. The second-order valence-corrected chi connectivity index (χ2v) is 5.19. The molecule has 0 radical (unpaired) electrons. The molecule has 0 fully saturated rings. The van der Waals surface area contributed by atoms with Gasteiger partial charge in [-0.2, -0.15) is 0 Å². The molecule has 1 aliphatic rings. The highest BCUT2D eigenvalue weighted by Gasteiger charge is 2.13. The molecule has 0 spiro atoms. The molecule has 1 aromatic carbocycles. The van der Waals surface area contributed by atoms with Crippen molar-refractivity contribution in [3.05, 3.63) is 58.9 Å². The maximum atomic E-state index is 12.3. The van der Waals surface area contributed by atoms with Crippen LogP contribution in [-0.2, 0) is 19.4 Å². The van der Waals surface area contributed by atoms with Gasteiger partial charge in [-0.15, -0.1) is 0 Å². The molecule has 0 saturated heterocycles. The van der Waals surface area contributed by atoms with Crippen molar-refractivity contribution in [2.75, 3.05) is 11.9 Å². The van der Waals surface area contributed by atoms with Crippen LogP contribution in [0.5, 0.6) is 0 Å². The zero-order chi connectivity index (χ0) is 14.7. The number of pyridine rings is 1. The van der Waals surface area contributed by atoms with Gasteiger partial charge in [-0.05, 0) is 48.2 Å². The van der Waals surface area contributed by atoms with Gasteiger partial charge in [-0.25, -0.2) is 0 Å². The Bertz CT molecular complexity index is 667. The molecule has 0 atom stereocenters. The van der Waals surface area contributed by atoms with Crippen LogP contribution in [0.4, 0.5) is 5.69 Å². The number of rotatable bonds is 4. The third kappa shape index (κ3) is 2.89. The first kappa shape index (κ1) is 13.6. The number of nitrogens with zero attached hydrogens (tertiary/aromatic N) is 1. The number of nitrogens with one attached hydrogen (secondary N) is 2. The predicted molar refractivity (Wildman–Crippen MR) is 83.4 cm³/mol. The first-order chi connectivity index (χ1) is 10.3. The van der Waals surface area contributed by atoms with Gasteiger partial charge in [-0.1, -0.05) is 13.0 Å². The lowest BCUT2D eigenvalue weighted by Crippen LogP contribution is -2.24. The van der Waals surface area contributed by atoms with Gasteiger partial charge in [0.25, 0.3) is 5.91 Å². The Kier molecular flexibility index (Phi) is 3.86. The Morgan fingerprint density at radius 1 is 1.38 bits per heavy atom. The average molecular weight is 281 g/mol. The fraction of sp³-hybridized carbons (Fsp3) is 0.294. The van der Waals surface area contributed by atoms with Crippen LogP contribution in [0.1, 0.15) is 34.1 Å². The van der Waals surface area contributed by atoms with Crippen LogP contribution in [0.25, 0.3) is 0 Å². The van der Waals surface area contributed by atoms with Crippen molar-refractivity contribution in [3.63, 3.8) is 0 Å². The molecule has 3 rings (SSSR count). The van der Waals surface area contributed by atoms with Gasteiger partial charge in [0, 0.05) is 24.0 Å². The SMILES string of the molecule is CCc1cccnc1CNC(=O)c1ccc2c(c1)CCN2. The molecule has 0 aliphatic carbocycles. The number of fused-ring (bicyclic) bond motifs is 1. The van der Waals surface area contributed by atoms with E-state index in [9.17, 15) is 4.79 Å². The van der Waals surface area contributed by atoms with Gasteiger partial charge in [0.05, 0.1) is 12.2 Å². The van der Waals surface area contributed by atoms with E-state index in [1.54, 1.807) is 6.20 Å². The molecule has 21 heavy (non-hydrogen) atoms.